The number of benzene rings is 1. The molecule has 5 rings (SSSR count). The lowest BCUT2D eigenvalue weighted by Gasteiger charge is -2.30. The maximum Gasteiger partial charge on any atom is 0.146 e. The first-order valence-corrected chi connectivity index (χ1v) is 10.6. The maximum atomic E-state index is 6.29. The minimum Gasteiger partial charge on any atom is -0.486 e. The van der Waals surface area contributed by atoms with Gasteiger partial charge in [0.2, 0.25) is 0 Å². The van der Waals surface area contributed by atoms with Gasteiger partial charge >= 0.3 is 0 Å². The summed E-state index contributed by atoms with van der Waals surface area (Å²) >= 11 is 0. The molecule has 1 aromatic heterocycles. The molecule has 0 amide bonds. The van der Waals surface area contributed by atoms with Crippen molar-refractivity contribution in [2.45, 2.75) is 32.3 Å². The fraction of sp³-hybridized carbons (Fsp3) is 0.545. The Morgan fingerprint density at radius 1 is 1.07 bits per heavy atom. The van der Waals surface area contributed by atoms with Crippen molar-refractivity contribution in [3.8, 4) is 5.75 Å². The standard InChI is InChI=1S/C22H29N5O2/c1-15-11-17(16-3-5-26(2)6-4-16)12-19-20(15)29-13-18-21(25-19)23-14-24-22(18)27-7-9-28-10-8-27/h11-12,14,16H,3-10,13H2,1-2H3,(H,23,24,25). The van der Waals surface area contributed by atoms with Gasteiger partial charge in [-0.3, -0.25) is 0 Å². The van der Waals surface area contributed by atoms with Crippen LogP contribution in [0.15, 0.2) is 18.5 Å². The molecule has 0 unspecified atom stereocenters. The van der Waals surface area contributed by atoms with Crippen molar-refractivity contribution < 1.29 is 9.47 Å². The molecule has 4 heterocycles. The number of nitrogens with zero attached hydrogens (tertiary/aromatic N) is 4. The molecular weight excluding hydrogens is 366 g/mol. The Kier molecular flexibility index (Phi) is 5.01. The highest BCUT2D eigenvalue weighted by molar-refractivity contribution is 5.73. The Hall–Kier alpha value is -2.38. The number of aryl methyl sites for hydroxylation is 1. The number of morpholine rings is 1. The minimum absolute atomic E-state index is 0.470. The molecule has 1 N–H and O–H groups in total. The monoisotopic (exact) mass is 395 g/mol. The van der Waals surface area contributed by atoms with Crippen LogP contribution >= 0.6 is 0 Å². The van der Waals surface area contributed by atoms with Crippen molar-refractivity contribution in [3.63, 3.8) is 0 Å². The predicted molar refractivity (Wildman–Crippen MR) is 113 cm³/mol. The molecule has 0 saturated carbocycles. The molecule has 29 heavy (non-hydrogen) atoms. The van der Waals surface area contributed by atoms with Crippen molar-refractivity contribution in [2.75, 3.05) is 56.7 Å². The van der Waals surface area contributed by atoms with Crippen LogP contribution < -0.4 is 15.0 Å². The van der Waals surface area contributed by atoms with Crippen LogP contribution in [0.1, 0.15) is 35.4 Å². The van der Waals surface area contributed by atoms with Crippen LogP contribution in [0.25, 0.3) is 0 Å². The van der Waals surface area contributed by atoms with Crippen molar-refractivity contribution >= 4 is 17.3 Å². The highest BCUT2D eigenvalue weighted by atomic mass is 16.5. The van der Waals surface area contributed by atoms with E-state index in [0.29, 0.717) is 12.5 Å². The van der Waals surface area contributed by atoms with Crippen molar-refractivity contribution in [1.82, 2.24) is 14.9 Å². The molecule has 0 radical (unpaired) electrons. The maximum absolute atomic E-state index is 6.29. The van der Waals surface area contributed by atoms with Crippen LogP contribution in [0, 0.1) is 6.92 Å². The minimum atomic E-state index is 0.470. The van der Waals surface area contributed by atoms with Gasteiger partial charge in [0.25, 0.3) is 0 Å². The summed E-state index contributed by atoms with van der Waals surface area (Å²) in [6, 6.07) is 4.57. The SMILES string of the molecule is Cc1cc(C2CCN(C)CC2)cc2c1OCc1c(ncnc1N1CCOCC1)N2. The summed E-state index contributed by atoms with van der Waals surface area (Å²) in [6.07, 6.45) is 4.06. The quantitative estimate of drug-likeness (QED) is 0.838. The molecule has 2 saturated heterocycles. The van der Waals surface area contributed by atoms with Crippen LogP contribution in [0.2, 0.25) is 0 Å². The van der Waals surface area contributed by atoms with E-state index in [4.69, 9.17) is 9.47 Å². The number of anilines is 3. The van der Waals surface area contributed by atoms with Gasteiger partial charge in [0, 0.05) is 13.1 Å². The van der Waals surface area contributed by atoms with E-state index < -0.39 is 0 Å². The highest BCUT2D eigenvalue weighted by Crippen LogP contribution is 2.41. The molecule has 0 bridgehead atoms. The number of fused-ring (bicyclic) bond motifs is 2. The van der Waals surface area contributed by atoms with E-state index in [1.165, 1.54) is 24.0 Å². The summed E-state index contributed by atoms with van der Waals surface area (Å²) in [5.41, 5.74) is 4.61. The molecule has 2 aromatic rings. The van der Waals surface area contributed by atoms with E-state index in [1.54, 1.807) is 6.33 Å². The molecule has 1 aromatic carbocycles. The van der Waals surface area contributed by atoms with E-state index in [0.717, 1.165) is 68.0 Å². The van der Waals surface area contributed by atoms with Gasteiger partial charge in [-0.15, -0.1) is 0 Å². The molecule has 3 aliphatic rings. The smallest absolute Gasteiger partial charge is 0.146 e. The highest BCUT2D eigenvalue weighted by Gasteiger charge is 2.26. The molecule has 3 aliphatic heterocycles. The van der Waals surface area contributed by atoms with Crippen molar-refractivity contribution in [2.24, 2.45) is 0 Å². The van der Waals surface area contributed by atoms with Gasteiger partial charge in [0.1, 0.15) is 30.3 Å². The number of aromatic nitrogens is 2. The summed E-state index contributed by atoms with van der Waals surface area (Å²) in [4.78, 5) is 13.8. The first-order valence-electron chi connectivity index (χ1n) is 10.6. The molecule has 0 atom stereocenters. The molecule has 7 nitrogen and oxygen atoms in total. The number of likely N-dealkylation sites (tertiary alicyclic amines) is 1. The van der Waals surface area contributed by atoms with Crippen LogP contribution in [-0.4, -0.2) is 61.3 Å². The number of hydrogen-bond acceptors (Lipinski definition) is 7. The summed E-state index contributed by atoms with van der Waals surface area (Å²) in [6.45, 7) is 8.07. The second kappa shape index (κ2) is 7.80. The predicted octanol–water partition coefficient (Wildman–Crippen LogP) is 3.07. The van der Waals surface area contributed by atoms with Crippen molar-refractivity contribution in [1.29, 1.82) is 0 Å². The van der Waals surface area contributed by atoms with Gasteiger partial charge < -0.3 is 24.6 Å². The zero-order valence-corrected chi connectivity index (χ0v) is 17.3. The van der Waals surface area contributed by atoms with E-state index >= 15 is 0 Å². The summed E-state index contributed by atoms with van der Waals surface area (Å²) in [7, 11) is 2.20. The third-order valence-electron chi connectivity index (χ3n) is 6.33. The van der Waals surface area contributed by atoms with E-state index in [1.807, 2.05) is 0 Å². The molecule has 2 fully saturated rings. The molecule has 0 spiro atoms. The zero-order valence-electron chi connectivity index (χ0n) is 17.3. The largest absolute Gasteiger partial charge is 0.486 e. The van der Waals surface area contributed by atoms with Gasteiger partial charge in [0.15, 0.2) is 0 Å². The molecule has 0 aliphatic carbocycles. The topological polar surface area (TPSA) is 62.8 Å². The van der Waals surface area contributed by atoms with Gasteiger partial charge in [0.05, 0.1) is 24.5 Å². The average molecular weight is 396 g/mol. The Morgan fingerprint density at radius 3 is 2.66 bits per heavy atom. The number of rotatable bonds is 2. The second-order valence-corrected chi connectivity index (χ2v) is 8.33. The Balaban J connectivity index is 1.47. The van der Waals surface area contributed by atoms with Crippen LogP contribution in [0.4, 0.5) is 17.3 Å². The van der Waals surface area contributed by atoms with Crippen LogP contribution in [0.3, 0.4) is 0 Å². The van der Waals surface area contributed by atoms with Crippen molar-refractivity contribution in [3.05, 3.63) is 35.2 Å². The van der Waals surface area contributed by atoms with E-state index in [9.17, 15) is 0 Å². The fourth-order valence-electron chi connectivity index (χ4n) is 4.63. The van der Waals surface area contributed by atoms with E-state index in [-0.39, 0.29) is 0 Å². The lowest BCUT2D eigenvalue weighted by atomic mass is 9.88. The average Bonchev–Trinajstić information content (AvgIpc) is 2.94. The molecular formula is C22H29N5O2. The van der Waals surface area contributed by atoms with E-state index in [2.05, 4.69) is 51.2 Å². The summed E-state index contributed by atoms with van der Waals surface area (Å²) in [5.74, 6) is 3.33. The number of ether oxygens (including phenoxy) is 2. The molecule has 154 valence electrons. The Bertz CT molecular complexity index is 889. The second-order valence-electron chi connectivity index (χ2n) is 8.33. The van der Waals surface area contributed by atoms with Gasteiger partial charge in [-0.05, 0) is 63.0 Å². The third kappa shape index (κ3) is 3.65. The summed E-state index contributed by atoms with van der Waals surface area (Å²) < 4.78 is 11.8. The van der Waals surface area contributed by atoms with Crippen LogP contribution in [-0.2, 0) is 11.3 Å². The number of hydrogen-bond donors (Lipinski definition) is 1. The lowest BCUT2D eigenvalue weighted by molar-refractivity contribution is 0.122. The van der Waals surface area contributed by atoms with Gasteiger partial charge in [-0.2, -0.15) is 0 Å². The number of nitrogens with one attached hydrogen (secondary N) is 1. The molecule has 7 heteroatoms. The Morgan fingerprint density at radius 2 is 1.86 bits per heavy atom. The first kappa shape index (κ1) is 18.6. The first-order chi connectivity index (χ1) is 14.2. The lowest BCUT2D eigenvalue weighted by Crippen LogP contribution is -2.37. The normalized spacial score (nSPS) is 20.3. The fourth-order valence-corrected chi connectivity index (χ4v) is 4.63. The van der Waals surface area contributed by atoms with Crippen LogP contribution in [0.5, 0.6) is 5.75 Å². The van der Waals surface area contributed by atoms with Gasteiger partial charge in [-0.1, -0.05) is 6.07 Å². The summed E-state index contributed by atoms with van der Waals surface area (Å²) in [5, 5.41) is 3.57. The third-order valence-corrected chi connectivity index (χ3v) is 6.33. The zero-order chi connectivity index (χ0) is 19.8. The Labute approximate surface area is 172 Å². The van der Waals surface area contributed by atoms with Gasteiger partial charge in [-0.25, -0.2) is 9.97 Å². The number of piperidine rings is 1.